The Bertz CT molecular complexity index is 1160. The van der Waals surface area contributed by atoms with Crippen LogP contribution in [0.3, 0.4) is 0 Å². The molecule has 5 rings (SSSR count). The van der Waals surface area contributed by atoms with E-state index in [1.807, 2.05) is 18.2 Å². The molecule has 4 aromatic rings. The van der Waals surface area contributed by atoms with E-state index < -0.39 is 0 Å². The molecular formula is C22H23ClN6. The topological polar surface area (TPSA) is 74.1 Å². The van der Waals surface area contributed by atoms with Crippen LogP contribution < -0.4 is 5.73 Å². The second-order valence-electron chi connectivity index (χ2n) is 7.69. The van der Waals surface area contributed by atoms with E-state index in [1.54, 1.807) is 0 Å². The molecule has 0 bridgehead atoms. The second-order valence-corrected chi connectivity index (χ2v) is 8.13. The molecule has 2 aromatic heterocycles. The van der Waals surface area contributed by atoms with Crippen LogP contribution in [0.2, 0.25) is 5.02 Å². The number of aromatic amines is 1. The monoisotopic (exact) mass is 406 g/mol. The van der Waals surface area contributed by atoms with Gasteiger partial charge in [0.05, 0.1) is 5.52 Å². The van der Waals surface area contributed by atoms with Crippen molar-refractivity contribution in [3.63, 3.8) is 0 Å². The van der Waals surface area contributed by atoms with E-state index >= 15 is 0 Å². The summed E-state index contributed by atoms with van der Waals surface area (Å²) in [4.78, 5) is 16.9. The SMILES string of the molecule is Nc1ncnc2cc(CN3CCN(Cc4cc5ccc(Cl)cc5[nH]4)CC3)ccc12. The van der Waals surface area contributed by atoms with E-state index in [9.17, 15) is 0 Å². The number of H-pyrrole nitrogens is 1. The van der Waals surface area contributed by atoms with Gasteiger partial charge in [0.25, 0.3) is 0 Å². The Morgan fingerprint density at radius 1 is 0.931 bits per heavy atom. The van der Waals surface area contributed by atoms with Crippen LogP contribution in [-0.2, 0) is 13.1 Å². The van der Waals surface area contributed by atoms with Crippen molar-refractivity contribution < 1.29 is 0 Å². The van der Waals surface area contributed by atoms with E-state index in [0.717, 1.165) is 60.7 Å². The maximum Gasteiger partial charge on any atom is 0.134 e. The molecule has 3 N–H and O–H groups in total. The third-order valence-electron chi connectivity index (χ3n) is 5.64. The highest BCUT2D eigenvalue weighted by Crippen LogP contribution is 2.22. The molecule has 0 amide bonds. The molecule has 0 atom stereocenters. The van der Waals surface area contributed by atoms with Crippen molar-refractivity contribution in [2.75, 3.05) is 31.9 Å². The first-order valence-corrected chi connectivity index (χ1v) is 10.2. The minimum atomic E-state index is 0.536. The summed E-state index contributed by atoms with van der Waals surface area (Å²) in [6, 6.07) is 14.5. The van der Waals surface area contributed by atoms with Crippen molar-refractivity contribution in [3.8, 4) is 0 Å². The molecule has 0 aliphatic carbocycles. The highest BCUT2D eigenvalue weighted by Gasteiger charge is 2.18. The van der Waals surface area contributed by atoms with Gasteiger partial charge in [0.2, 0.25) is 0 Å². The molecule has 1 fully saturated rings. The molecule has 0 spiro atoms. The highest BCUT2D eigenvalue weighted by atomic mass is 35.5. The van der Waals surface area contributed by atoms with E-state index in [4.69, 9.17) is 17.3 Å². The van der Waals surface area contributed by atoms with Crippen LogP contribution in [0.5, 0.6) is 0 Å². The van der Waals surface area contributed by atoms with Gasteiger partial charge < -0.3 is 10.7 Å². The Hall–Kier alpha value is -2.67. The molecular weight excluding hydrogens is 384 g/mol. The predicted octanol–water partition coefficient (Wildman–Crippen LogP) is 3.66. The molecule has 2 aromatic carbocycles. The summed E-state index contributed by atoms with van der Waals surface area (Å²) in [5.74, 6) is 0.536. The van der Waals surface area contributed by atoms with Crippen molar-refractivity contribution in [3.05, 3.63) is 65.1 Å². The van der Waals surface area contributed by atoms with Gasteiger partial charge in [-0.25, -0.2) is 9.97 Å². The van der Waals surface area contributed by atoms with E-state index in [-0.39, 0.29) is 0 Å². The number of nitrogens with two attached hydrogens (primary N) is 1. The van der Waals surface area contributed by atoms with Gasteiger partial charge in [0.1, 0.15) is 12.1 Å². The molecule has 0 radical (unpaired) electrons. The minimum absolute atomic E-state index is 0.536. The summed E-state index contributed by atoms with van der Waals surface area (Å²) in [7, 11) is 0. The van der Waals surface area contributed by atoms with E-state index in [0.29, 0.717) is 5.82 Å². The number of aromatic nitrogens is 3. The summed E-state index contributed by atoms with van der Waals surface area (Å²) in [5.41, 5.74) is 10.4. The van der Waals surface area contributed by atoms with Crippen LogP contribution in [0.4, 0.5) is 5.82 Å². The van der Waals surface area contributed by atoms with Crippen molar-refractivity contribution in [1.82, 2.24) is 24.8 Å². The lowest BCUT2D eigenvalue weighted by atomic mass is 10.1. The fourth-order valence-corrected chi connectivity index (χ4v) is 4.24. The number of hydrogen-bond donors (Lipinski definition) is 2. The fraction of sp³-hybridized carbons (Fsp3) is 0.273. The molecule has 0 saturated carbocycles. The van der Waals surface area contributed by atoms with Crippen molar-refractivity contribution >= 4 is 39.2 Å². The second kappa shape index (κ2) is 7.63. The van der Waals surface area contributed by atoms with Crippen molar-refractivity contribution in [2.45, 2.75) is 13.1 Å². The van der Waals surface area contributed by atoms with E-state index in [2.05, 4.69) is 49.0 Å². The molecule has 1 saturated heterocycles. The van der Waals surface area contributed by atoms with Crippen molar-refractivity contribution in [1.29, 1.82) is 0 Å². The number of nitrogens with zero attached hydrogens (tertiary/aromatic N) is 4. The summed E-state index contributed by atoms with van der Waals surface area (Å²) in [6.07, 6.45) is 1.53. The van der Waals surface area contributed by atoms with Gasteiger partial charge in [-0.1, -0.05) is 23.7 Å². The maximum atomic E-state index is 6.09. The standard InChI is InChI=1S/C22H23ClN6/c23-17-3-2-16-10-18(27-20(16)11-17)13-29-7-5-28(6-8-29)12-15-1-4-19-21(9-15)25-14-26-22(19)24/h1-4,9-11,14,27H,5-8,12-13H2,(H2,24,25,26). The Kier molecular flexibility index (Phi) is 4.83. The fourth-order valence-electron chi connectivity index (χ4n) is 4.07. The predicted molar refractivity (Wildman–Crippen MR) is 118 cm³/mol. The number of halogens is 1. The number of piperazine rings is 1. The average Bonchev–Trinajstić information content (AvgIpc) is 3.11. The van der Waals surface area contributed by atoms with Crippen LogP contribution in [0.25, 0.3) is 21.8 Å². The van der Waals surface area contributed by atoms with Gasteiger partial charge in [0, 0.05) is 60.9 Å². The molecule has 3 heterocycles. The summed E-state index contributed by atoms with van der Waals surface area (Å²) < 4.78 is 0. The minimum Gasteiger partial charge on any atom is -0.383 e. The highest BCUT2D eigenvalue weighted by molar-refractivity contribution is 6.31. The number of benzene rings is 2. The maximum absolute atomic E-state index is 6.09. The largest absolute Gasteiger partial charge is 0.383 e. The first-order valence-electron chi connectivity index (χ1n) is 9.85. The zero-order valence-electron chi connectivity index (χ0n) is 16.1. The Labute approximate surface area is 174 Å². The Balaban J connectivity index is 1.20. The van der Waals surface area contributed by atoms with E-state index in [1.165, 1.54) is 23.0 Å². The number of nitrogens with one attached hydrogen (secondary N) is 1. The third kappa shape index (κ3) is 3.92. The summed E-state index contributed by atoms with van der Waals surface area (Å²) >= 11 is 6.09. The van der Waals surface area contributed by atoms with Gasteiger partial charge in [0.15, 0.2) is 0 Å². The lowest BCUT2D eigenvalue weighted by molar-refractivity contribution is 0.121. The molecule has 0 unspecified atom stereocenters. The number of fused-ring (bicyclic) bond motifs is 2. The Morgan fingerprint density at radius 3 is 2.55 bits per heavy atom. The van der Waals surface area contributed by atoms with Gasteiger partial charge in [-0.3, -0.25) is 9.80 Å². The van der Waals surface area contributed by atoms with Gasteiger partial charge in [-0.15, -0.1) is 0 Å². The van der Waals surface area contributed by atoms with Crippen LogP contribution in [0.1, 0.15) is 11.3 Å². The number of rotatable bonds is 4. The van der Waals surface area contributed by atoms with Crippen LogP contribution in [-0.4, -0.2) is 50.9 Å². The summed E-state index contributed by atoms with van der Waals surface area (Å²) in [6.45, 7) is 6.08. The molecule has 29 heavy (non-hydrogen) atoms. The molecule has 7 heteroatoms. The smallest absolute Gasteiger partial charge is 0.134 e. The first-order chi connectivity index (χ1) is 14.1. The number of hydrogen-bond acceptors (Lipinski definition) is 5. The lowest BCUT2D eigenvalue weighted by Crippen LogP contribution is -2.45. The molecule has 6 nitrogen and oxygen atoms in total. The van der Waals surface area contributed by atoms with Gasteiger partial charge in [-0.05, 0) is 41.3 Å². The zero-order valence-corrected chi connectivity index (χ0v) is 16.9. The molecule has 1 aliphatic rings. The molecule has 1 aliphatic heterocycles. The zero-order chi connectivity index (χ0) is 19.8. The third-order valence-corrected chi connectivity index (χ3v) is 5.87. The number of anilines is 1. The quantitative estimate of drug-likeness (QED) is 0.541. The van der Waals surface area contributed by atoms with Crippen molar-refractivity contribution in [2.24, 2.45) is 0 Å². The normalized spacial score (nSPS) is 16.0. The van der Waals surface area contributed by atoms with Gasteiger partial charge in [-0.2, -0.15) is 0 Å². The van der Waals surface area contributed by atoms with Gasteiger partial charge >= 0.3 is 0 Å². The summed E-state index contributed by atoms with van der Waals surface area (Å²) in [5, 5.41) is 2.90. The molecule has 148 valence electrons. The van der Waals surface area contributed by atoms with Crippen LogP contribution >= 0.6 is 11.6 Å². The van der Waals surface area contributed by atoms with Crippen LogP contribution in [0.15, 0.2) is 48.8 Å². The number of nitrogen functional groups attached to an aromatic ring is 1. The lowest BCUT2D eigenvalue weighted by Gasteiger charge is -2.34. The first kappa shape index (κ1) is 18.4. The Morgan fingerprint density at radius 2 is 1.72 bits per heavy atom. The average molecular weight is 407 g/mol. The van der Waals surface area contributed by atoms with Crippen LogP contribution in [0, 0.1) is 0 Å².